The summed E-state index contributed by atoms with van der Waals surface area (Å²) in [5.41, 5.74) is 1.30. The lowest BCUT2D eigenvalue weighted by Gasteiger charge is -2.29. The average Bonchev–Trinajstić information content (AvgIpc) is 2.50. The number of hydrogen-bond acceptors (Lipinski definition) is 5. The monoisotopic (exact) mass is 290 g/mol. The van der Waals surface area contributed by atoms with E-state index in [4.69, 9.17) is 14.2 Å². The first kappa shape index (κ1) is 14.0. The van der Waals surface area contributed by atoms with Gasteiger partial charge in [-0.3, -0.25) is 0 Å². The smallest absolute Gasteiger partial charge is 0.134 e. The van der Waals surface area contributed by atoms with Crippen LogP contribution in [-0.4, -0.2) is 30.5 Å². The fourth-order valence-corrected chi connectivity index (χ4v) is 2.77. The minimum Gasteiger partial charge on any atom is -0.507 e. The Morgan fingerprint density at radius 3 is 2.62 bits per heavy atom. The first-order valence-corrected chi connectivity index (χ1v) is 6.77. The van der Waals surface area contributed by atoms with Crippen molar-refractivity contribution in [2.24, 2.45) is 0 Å². The molecule has 0 fully saturated rings. The Bertz CT molecular complexity index is 695. The van der Waals surface area contributed by atoms with Crippen molar-refractivity contribution in [2.75, 3.05) is 14.2 Å². The number of aromatic hydroxyl groups is 1. The lowest BCUT2D eigenvalue weighted by molar-refractivity contribution is -0.0530. The third-order valence-corrected chi connectivity index (χ3v) is 4.00. The van der Waals surface area contributed by atoms with Gasteiger partial charge in [-0.05, 0) is 30.0 Å². The number of benzene rings is 2. The van der Waals surface area contributed by atoms with Gasteiger partial charge in [0.2, 0.25) is 0 Å². The second-order valence-electron chi connectivity index (χ2n) is 5.18. The van der Waals surface area contributed by atoms with E-state index in [1.165, 1.54) is 0 Å². The summed E-state index contributed by atoms with van der Waals surface area (Å²) < 4.78 is 16.1. The van der Waals surface area contributed by atoms with Gasteiger partial charge in [0.1, 0.15) is 23.4 Å². The van der Waals surface area contributed by atoms with E-state index in [1.54, 1.807) is 27.2 Å². The first-order chi connectivity index (χ1) is 10.1. The fourth-order valence-electron chi connectivity index (χ4n) is 2.77. The fraction of sp³-hybridized carbons (Fsp3) is 0.375. The van der Waals surface area contributed by atoms with E-state index >= 15 is 0 Å². The number of aliphatic hydroxyl groups is 1. The van der Waals surface area contributed by atoms with Gasteiger partial charge >= 0.3 is 0 Å². The molecule has 112 valence electrons. The van der Waals surface area contributed by atoms with Crippen LogP contribution in [0.25, 0.3) is 10.8 Å². The Morgan fingerprint density at radius 1 is 1.19 bits per heavy atom. The molecule has 0 amide bonds. The molecule has 0 bridgehead atoms. The van der Waals surface area contributed by atoms with Crippen molar-refractivity contribution in [1.29, 1.82) is 0 Å². The van der Waals surface area contributed by atoms with Crippen LogP contribution in [0.5, 0.6) is 17.2 Å². The Kier molecular flexibility index (Phi) is 3.39. The molecule has 21 heavy (non-hydrogen) atoms. The molecule has 2 aromatic rings. The van der Waals surface area contributed by atoms with Crippen LogP contribution < -0.4 is 9.47 Å². The first-order valence-electron chi connectivity index (χ1n) is 6.77. The highest BCUT2D eigenvalue weighted by molar-refractivity contribution is 5.96. The molecule has 0 radical (unpaired) electrons. The third-order valence-electron chi connectivity index (χ3n) is 4.00. The molecule has 1 heterocycles. The SMILES string of the molecule is COc1cc(OC)c2c(O)c3c(cc2c1)[C@H](O)[C@@H](C)OC3. The molecule has 2 N–H and O–H groups in total. The molecule has 3 rings (SSSR count). The number of methoxy groups -OCH3 is 2. The van der Waals surface area contributed by atoms with Gasteiger partial charge in [-0.25, -0.2) is 0 Å². The maximum atomic E-state index is 10.6. The van der Waals surface area contributed by atoms with Crippen LogP contribution in [0.2, 0.25) is 0 Å². The summed E-state index contributed by atoms with van der Waals surface area (Å²) in [5.74, 6) is 1.25. The van der Waals surface area contributed by atoms with Gasteiger partial charge in [0.15, 0.2) is 0 Å². The van der Waals surface area contributed by atoms with Crippen molar-refractivity contribution in [3.05, 3.63) is 29.3 Å². The number of hydrogen-bond donors (Lipinski definition) is 2. The molecule has 0 aromatic heterocycles. The lowest BCUT2D eigenvalue weighted by Crippen LogP contribution is -2.25. The van der Waals surface area contributed by atoms with Gasteiger partial charge in [-0.2, -0.15) is 0 Å². The van der Waals surface area contributed by atoms with E-state index in [-0.39, 0.29) is 18.5 Å². The van der Waals surface area contributed by atoms with E-state index in [2.05, 4.69) is 0 Å². The summed E-state index contributed by atoms with van der Waals surface area (Å²) in [6.45, 7) is 2.07. The Morgan fingerprint density at radius 2 is 1.95 bits per heavy atom. The van der Waals surface area contributed by atoms with Crippen molar-refractivity contribution in [2.45, 2.75) is 25.7 Å². The highest BCUT2D eigenvalue weighted by Gasteiger charge is 2.29. The van der Waals surface area contributed by atoms with Crippen LogP contribution in [0.4, 0.5) is 0 Å². The summed E-state index contributed by atoms with van der Waals surface area (Å²) in [6, 6.07) is 5.39. The molecule has 0 aliphatic carbocycles. The minimum atomic E-state index is -0.763. The van der Waals surface area contributed by atoms with Gasteiger partial charge in [0, 0.05) is 11.6 Å². The Balaban J connectivity index is 2.33. The zero-order valence-corrected chi connectivity index (χ0v) is 12.2. The van der Waals surface area contributed by atoms with Crippen molar-refractivity contribution in [1.82, 2.24) is 0 Å². The van der Waals surface area contributed by atoms with Gasteiger partial charge in [0.05, 0.1) is 32.3 Å². The molecular weight excluding hydrogens is 272 g/mol. The average molecular weight is 290 g/mol. The largest absolute Gasteiger partial charge is 0.507 e. The maximum Gasteiger partial charge on any atom is 0.134 e. The maximum absolute atomic E-state index is 10.6. The molecule has 2 aromatic carbocycles. The van der Waals surface area contributed by atoms with Crippen LogP contribution in [-0.2, 0) is 11.3 Å². The second kappa shape index (κ2) is 5.09. The molecule has 5 nitrogen and oxygen atoms in total. The molecule has 0 spiro atoms. The molecule has 1 aliphatic rings. The Hall–Kier alpha value is -1.98. The number of rotatable bonds is 2. The zero-order chi connectivity index (χ0) is 15.1. The normalized spacial score (nSPS) is 21.1. The van der Waals surface area contributed by atoms with E-state index in [0.29, 0.717) is 28.0 Å². The summed E-state index contributed by atoms with van der Waals surface area (Å²) in [4.78, 5) is 0. The number of ether oxygens (including phenoxy) is 3. The predicted molar refractivity (Wildman–Crippen MR) is 77.9 cm³/mol. The summed E-state index contributed by atoms with van der Waals surface area (Å²) in [6.07, 6.45) is -1.07. The molecular formula is C16H18O5. The quantitative estimate of drug-likeness (QED) is 0.889. The van der Waals surface area contributed by atoms with E-state index < -0.39 is 6.10 Å². The van der Waals surface area contributed by atoms with E-state index in [1.807, 2.05) is 12.1 Å². The van der Waals surface area contributed by atoms with Crippen molar-refractivity contribution < 1.29 is 24.4 Å². The van der Waals surface area contributed by atoms with Gasteiger partial charge in [0.25, 0.3) is 0 Å². The molecule has 0 unspecified atom stereocenters. The zero-order valence-electron chi connectivity index (χ0n) is 12.2. The van der Waals surface area contributed by atoms with Crippen molar-refractivity contribution in [3.63, 3.8) is 0 Å². The highest BCUT2D eigenvalue weighted by Crippen LogP contribution is 2.44. The number of phenolic OH excluding ortho intramolecular Hbond substituents is 1. The molecule has 5 heteroatoms. The molecule has 1 aliphatic heterocycles. The van der Waals surface area contributed by atoms with Crippen molar-refractivity contribution >= 4 is 10.8 Å². The van der Waals surface area contributed by atoms with Crippen molar-refractivity contribution in [3.8, 4) is 17.2 Å². The topological polar surface area (TPSA) is 68.2 Å². The highest BCUT2D eigenvalue weighted by atomic mass is 16.5. The number of phenols is 1. The van der Waals surface area contributed by atoms with Gasteiger partial charge in [-0.1, -0.05) is 0 Å². The summed E-state index contributed by atoms with van der Waals surface area (Å²) in [7, 11) is 3.12. The number of fused-ring (bicyclic) bond motifs is 2. The van der Waals surface area contributed by atoms with Gasteiger partial charge in [-0.15, -0.1) is 0 Å². The lowest BCUT2D eigenvalue weighted by atomic mass is 9.92. The predicted octanol–water partition coefficient (Wildman–Crippen LogP) is 2.51. The van der Waals surface area contributed by atoms with Crippen LogP contribution in [0.3, 0.4) is 0 Å². The van der Waals surface area contributed by atoms with Gasteiger partial charge < -0.3 is 24.4 Å². The van der Waals surface area contributed by atoms with Crippen LogP contribution in [0.1, 0.15) is 24.2 Å². The third kappa shape index (κ3) is 2.09. The van der Waals surface area contributed by atoms with Crippen LogP contribution in [0.15, 0.2) is 18.2 Å². The van der Waals surface area contributed by atoms with E-state index in [9.17, 15) is 10.2 Å². The van der Waals surface area contributed by atoms with Crippen LogP contribution in [0, 0.1) is 0 Å². The summed E-state index contributed by atoms with van der Waals surface area (Å²) in [5, 5.41) is 22.2. The second-order valence-corrected chi connectivity index (χ2v) is 5.18. The molecule has 0 saturated carbocycles. The molecule has 0 saturated heterocycles. The van der Waals surface area contributed by atoms with Crippen LogP contribution >= 0.6 is 0 Å². The minimum absolute atomic E-state index is 0.0907. The standard InChI is InChI=1S/C16H18O5/c1-8-15(17)11-5-9-4-10(19-2)6-13(20-3)14(9)16(18)12(11)7-21-8/h4-6,8,15,17-18H,7H2,1-3H3/t8-,15-/m1/s1. The van der Waals surface area contributed by atoms with E-state index in [0.717, 1.165) is 5.39 Å². The Labute approximate surface area is 122 Å². The number of aliphatic hydroxyl groups excluding tert-OH is 1. The molecule has 2 atom stereocenters. The summed E-state index contributed by atoms with van der Waals surface area (Å²) >= 11 is 0.